The molecule has 0 saturated heterocycles. The molecule has 0 aliphatic carbocycles. The molecule has 0 radical (unpaired) electrons. The zero-order chi connectivity index (χ0) is 13.2. The average molecular weight is 252 g/mol. The Balaban J connectivity index is 2.18. The molecular formula is C15H16N4. The van der Waals surface area contributed by atoms with E-state index in [0.29, 0.717) is 6.54 Å². The number of nitrogens with two attached hydrogens (primary N) is 1. The molecule has 96 valence electrons. The van der Waals surface area contributed by atoms with Crippen molar-refractivity contribution in [1.82, 2.24) is 14.4 Å². The van der Waals surface area contributed by atoms with Gasteiger partial charge in [0.1, 0.15) is 12.0 Å². The predicted octanol–water partition coefficient (Wildman–Crippen LogP) is 2.21. The molecule has 2 heterocycles. The zero-order valence-corrected chi connectivity index (χ0v) is 10.9. The van der Waals surface area contributed by atoms with Crippen LogP contribution in [0.4, 0.5) is 0 Å². The van der Waals surface area contributed by atoms with Gasteiger partial charge in [-0.3, -0.25) is 4.40 Å². The minimum atomic E-state index is 0.608. The van der Waals surface area contributed by atoms with Gasteiger partial charge >= 0.3 is 0 Å². The van der Waals surface area contributed by atoms with Gasteiger partial charge in [0.05, 0.1) is 5.69 Å². The molecule has 2 aromatic heterocycles. The summed E-state index contributed by atoms with van der Waals surface area (Å²) in [6.45, 7) is 2.69. The molecule has 0 aliphatic rings. The van der Waals surface area contributed by atoms with Gasteiger partial charge < -0.3 is 5.73 Å². The van der Waals surface area contributed by atoms with Crippen LogP contribution in [0.5, 0.6) is 0 Å². The number of benzene rings is 1. The van der Waals surface area contributed by atoms with E-state index in [1.54, 1.807) is 6.33 Å². The average Bonchev–Trinajstić information content (AvgIpc) is 2.81. The lowest BCUT2D eigenvalue weighted by Crippen LogP contribution is -2.02. The first-order valence-corrected chi connectivity index (χ1v) is 6.36. The number of imidazole rings is 1. The highest BCUT2D eigenvalue weighted by atomic mass is 15.0. The molecule has 4 heteroatoms. The van der Waals surface area contributed by atoms with Gasteiger partial charge in [-0.15, -0.1) is 0 Å². The monoisotopic (exact) mass is 252 g/mol. The topological polar surface area (TPSA) is 56.2 Å². The highest BCUT2D eigenvalue weighted by Gasteiger charge is 2.08. The summed E-state index contributed by atoms with van der Waals surface area (Å²) < 4.78 is 1.96. The first kappa shape index (κ1) is 11.9. The Hall–Kier alpha value is -2.20. The maximum absolute atomic E-state index is 5.59. The molecule has 0 fully saturated rings. The molecule has 0 bridgehead atoms. The van der Waals surface area contributed by atoms with Crippen LogP contribution in [0.1, 0.15) is 11.3 Å². The predicted molar refractivity (Wildman–Crippen MR) is 75.9 cm³/mol. The maximum Gasteiger partial charge on any atom is 0.147 e. The van der Waals surface area contributed by atoms with E-state index in [9.17, 15) is 0 Å². The molecule has 3 aromatic rings. The number of hydrogen-bond acceptors (Lipinski definition) is 3. The summed E-state index contributed by atoms with van der Waals surface area (Å²) in [5, 5.41) is 0. The summed E-state index contributed by atoms with van der Waals surface area (Å²) in [6, 6.07) is 8.37. The molecular weight excluding hydrogens is 236 g/mol. The van der Waals surface area contributed by atoms with Gasteiger partial charge in [-0.25, -0.2) is 9.97 Å². The number of aromatic nitrogens is 3. The fraction of sp³-hybridized carbons (Fsp3) is 0.200. The normalized spacial score (nSPS) is 11.1. The van der Waals surface area contributed by atoms with Gasteiger partial charge in [0.15, 0.2) is 0 Å². The molecule has 3 rings (SSSR count). The van der Waals surface area contributed by atoms with E-state index in [0.717, 1.165) is 28.9 Å². The van der Waals surface area contributed by atoms with E-state index in [4.69, 9.17) is 5.73 Å². The minimum absolute atomic E-state index is 0.608. The van der Waals surface area contributed by atoms with E-state index in [1.165, 1.54) is 5.56 Å². The molecule has 0 spiro atoms. The Kier molecular flexibility index (Phi) is 3.01. The Morgan fingerprint density at radius 2 is 2.21 bits per heavy atom. The van der Waals surface area contributed by atoms with Crippen LogP contribution in [0.15, 0.2) is 43.0 Å². The van der Waals surface area contributed by atoms with Gasteiger partial charge in [-0.2, -0.15) is 0 Å². The van der Waals surface area contributed by atoms with Gasteiger partial charge in [0.25, 0.3) is 0 Å². The lowest BCUT2D eigenvalue weighted by atomic mass is 10.1. The molecule has 0 saturated carbocycles. The fourth-order valence-electron chi connectivity index (χ4n) is 2.25. The first-order chi connectivity index (χ1) is 9.28. The van der Waals surface area contributed by atoms with Crippen LogP contribution < -0.4 is 5.73 Å². The number of aryl methyl sites for hydroxylation is 1. The fourth-order valence-corrected chi connectivity index (χ4v) is 2.25. The zero-order valence-electron chi connectivity index (χ0n) is 10.9. The highest BCUT2D eigenvalue weighted by molar-refractivity contribution is 5.77. The third-order valence-corrected chi connectivity index (χ3v) is 3.15. The van der Waals surface area contributed by atoms with Crippen molar-refractivity contribution in [3.05, 3.63) is 54.2 Å². The molecule has 0 amide bonds. The molecule has 1 aromatic carbocycles. The van der Waals surface area contributed by atoms with Crippen molar-refractivity contribution in [1.29, 1.82) is 0 Å². The quantitative estimate of drug-likeness (QED) is 0.777. The van der Waals surface area contributed by atoms with Crippen molar-refractivity contribution in [2.45, 2.75) is 13.3 Å². The van der Waals surface area contributed by atoms with Crippen LogP contribution >= 0.6 is 0 Å². The van der Waals surface area contributed by atoms with Gasteiger partial charge in [0, 0.05) is 24.4 Å². The number of fused-ring (bicyclic) bond motifs is 1. The molecule has 4 nitrogen and oxygen atoms in total. The van der Waals surface area contributed by atoms with Crippen LogP contribution in [0.25, 0.3) is 16.8 Å². The Morgan fingerprint density at radius 3 is 3.00 bits per heavy atom. The second-order valence-corrected chi connectivity index (χ2v) is 4.68. The van der Waals surface area contributed by atoms with Crippen LogP contribution in [-0.2, 0) is 6.42 Å². The third-order valence-electron chi connectivity index (χ3n) is 3.15. The lowest BCUT2D eigenvalue weighted by molar-refractivity contribution is 0.936. The number of rotatable bonds is 3. The Labute approximate surface area is 111 Å². The van der Waals surface area contributed by atoms with Crippen molar-refractivity contribution in [2.24, 2.45) is 5.73 Å². The summed E-state index contributed by atoms with van der Waals surface area (Å²) in [5.74, 6) is 0. The van der Waals surface area contributed by atoms with E-state index < -0.39 is 0 Å². The highest BCUT2D eigenvalue weighted by Crippen LogP contribution is 2.24. The summed E-state index contributed by atoms with van der Waals surface area (Å²) in [5.41, 5.74) is 10.9. The molecule has 0 aliphatic heterocycles. The summed E-state index contributed by atoms with van der Waals surface area (Å²) in [4.78, 5) is 8.94. The number of hydrogen-bond donors (Lipinski definition) is 1. The number of nitrogens with zero attached hydrogens (tertiary/aromatic N) is 3. The van der Waals surface area contributed by atoms with Crippen LogP contribution in [0, 0.1) is 6.92 Å². The van der Waals surface area contributed by atoms with E-state index in [-0.39, 0.29) is 0 Å². The summed E-state index contributed by atoms with van der Waals surface area (Å²) in [6.07, 6.45) is 6.43. The van der Waals surface area contributed by atoms with Crippen LogP contribution in [0.3, 0.4) is 0 Å². The summed E-state index contributed by atoms with van der Waals surface area (Å²) in [7, 11) is 0. The second kappa shape index (κ2) is 4.82. The van der Waals surface area contributed by atoms with Gasteiger partial charge in [0.2, 0.25) is 0 Å². The second-order valence-electron chi connectivity index (χ2n) is 4.68. The van der Waals surface area contributed by atoms with E-state index in [2.05, 4.69) is 41.2 Å². The third kappa shape index (κ3) is 2.22. The first-order valence-electron chi connectivity index (χ1n) is 6.36. The standard InChI is InChI=1S/C15H16N4/c1-11-3-2-4-12(7-11)14-8-17-10-19-9-13(5-6-16)18-15(14)19/h2-4,7-10H,5-6,16H2,1H3. The van der Waals surface area contributed by atoms with Crippen molar-refractivity contribution in [2.75, 3.05) is 6.54 Å². The lowest BCUT2D eigenvalue weighted by Gasteiger charge is -2.03. The van der Waals surface area contributed by atoms with Crippen LogP contribution in [0.2, 0.25) is 0 Å². The van der Waals surface area contributed by atoms with Gasteiger partial charge in [-0.1, -0.05) is 29.8 Å². The smallest absolute Gasteiger partial charge is 0.147 e. The van der Waals surface area contributed by atoms with E-state index >= 15 is 0 Å². The van der Waals surface area contributed by atoms with Crippen molar-refractivity contribution in [3.63, 3.8) is 0 Å². The van der Waals surface area contributed by atoms with Crippen LogP contribution in [-0.4, -0.2) is 20.9 Å². The van der Waals surface area contributed by atoms with Crippen molar-refractivity contribution in [3.8, 4) is 11.1 Å². The molecule has 19 heavy (non-hydrogen) atoms. The molecule has 2 N–H and O–H groups in total. The Morgan fingerprint density at radius 1 is 1.32 bits per heavy atom. The molecule has 0 unspecified atom stereocenters. The summed E-state index contributed by atoms with van der Waals surface area (Å²) >= 11 is 0. The SMILES string of the molecule is Cc1cccc(-c2cncn3cc(CCN)nc23)c1. The molecule has 0 atom stereocenters. The van der Waals surface area contributed by atoms with Gasteiger partial charge in [-0.05, 0) is 19.0 Å². The van der Waals surface area contributed by atoms with E-state index in [1.807, 2.05) is 16.8 Å². The largest absolute Gasteiger partial charge is 0.330 e. The van der Waals surface area contributed by atoms with Crippen molar-refractivity contribution >= 4 is 5.65 Å². The maximum atomic E-state index is 5.59. The van der Waals surface area contributed by atoms with Crippen molar-refractivity contribution < 1.29 is 0 Å². The Bertz CT molecular complexity index is 715. The minimum Gasteiger partial charge on any atom is -0.330 e.